The molecule has 0 aliphatic carbocycles. The first-order valence-corrected chi connectivity index (χ1v) is 6.07. The maximum atomic E-state index is 10.6. The van der Waals surface area contributed by atoms with Gasteiger partial charge in [-0.1, -0.05) is 12.1 Å². The van der Waals surface area contributed by atoms with E-state index in [1.807, 2.05) is 24.3 Å². The molecule has 5 nitrogen and oxygen atoms in total. The molecule has 0 aromatic heterocycles. The fourth-order valence-corrected chi connectivity index (χ4v) is 2.06. The third kappa shape index (κ3) is 3.21. The monoisotopic (exact) mass is 250 g/mol. The SMILES string of the molecule is N[C@H](CC(=O)O)c1ccc(N2CCOCC2)cc1. The molecule has 0 spiro atoms. The molecule has 1 aromatic rings. The van der Waals surface area contributed by atoms with Crippen molar-refractivity contribution >= 4 is 11.7 Å². The van der Waals surface area contributed by atoms with Gasteiger partial charge >= 0.3 is 5.97 Å². The number of rotatable bonds is 4. The zero-order valence-electron chi connectivity index (χ0n) is 10.2. The summed E-state index contributed by atoms with van der Waals surface area (Å²) < 4.78 is 5.30. The first-order valence-electron chi connectivity index (χ1n) is 6.07. The molecular weight excluding hydrogens is 232 g/mol. The van der Waals surface area contributed by atoms with E-state index in [9.17, 15) is 4.79 Å². The second-order valence-corrected chi connectivity index (χ2v) is 4.40. The minimum absolute atomic E-state index is 0.0447. The average Bonchev–Trinajstić information content (AvgIpc) is 2.39. The number of nitrogens with zero attached hydrogens (tertiary/aromatic N) is 1. The van der Waals surface area contributed by atoms with Crippen LogP contribution in [-0.4, -0.2) is 37.4 Å². The number of benzene rings is 1. The fraction of sp³-hybridized carbons (Fsp3) is 0.462. The Kier molecular flexibility index (Phi) is 4.17. The molecule has 1 saturated heterocycles. The molecule has 0 amide bonds. The zero-order valence-corrected chi connectivity index (χ0v) is 10.2. The molecule has 0 saturated carbocycles. The highest BCUT2D eigenvalue weighted by Crippen LogP contribution is 2.20. The molecule has 1 aliphatic rings. The van der Waals surface area contributed by atoms with Gasteiger partial charge in [-0.05, 0) is 17.7 Å². The van der Waals surface area contributed by atoms with E-state index in [4.69, 9.17) is 15.6 Å². The smallest absolute Gasteiger partial charge is 0.305 e. The van der Waals surface area contributed by atoms with Crippen molar-refractivity contribution in [2.24, 2.45) is 5.73 Å². The molecule has 1 fully saturated rings. The Balaban J connectivity index is 2.02. The van der Waals surface area contributed by atoms with Crippen molar-refractivity contribution in [1.29, 1.82) is 0 Å². The molecular formula is C13H18N2O3. The lowest BCUT2D eigenvalue weighted by Gasteiger charge is -2.29. The number of hydrogen-bond donors (Lipinski definition) is 2. The molecule has 1 aliphatic heterocycles. The Labute approximate surface area is 106 Å². The van der Waals surface area contributed by atoms with Crippen LogP contribution in [0.5, 0.6) is 0 Å². The highest BCUT2D eigenvalue weighted by Gasteiger charge is 2.13. The minimum Gasteiger partial charge on any atom is -0.481 e. The number of ether oxygens (including phenoxy) is 1. The summed E-state index contributed by atoms with van der Waals surface area (Å²) in [6, 6.07) is 7.34. The van der Waals surface area contributed by atoms with Crippen LogP contribution in [0.25, 0.3) is 0 Å². The first kappa shape index (κ1) is 12.9. The summed E-state index contributed by atoms with van der Waals surface area (Å²) in [6.45, 7) is 3.28. The molecule has 1 atom stereocenters. The zero-order chi connectivity index (χ0) is 13.0. The summed E-state index contributed by atoms with van der Waals surface area (Å²) in [6.07, 6.45) is -0.0447. The largest absolute Gasteiger partial charge is 0.481 e. The second-order valence-electron chi connectivity index (χ2n) is 4.40. The predicted octanol–water partition coefficient (Wildman–Crippen LogP) is 0.998. The lowest BCUT2D eigenvalue weighted by Crippen LogP contribution is -2.36. The quantitative estimate of drug-likeness (QED) is 0.833. The van der Waals surface area contributed by atoms with Crippen molar-refractivity contribution in [2.75, 3.05) is 31.2 Å². The second kappa shape index (κ2) is 5.84. The molecule has 0 radical (unpaired) electrons. The third-order valence-electron chi connectivity index (χ3n) is 3.09. The molecule has 5 heteroatoms. The van der Waals surface area contributed by atoms with Crippen LogP contribution in [0.3, 0.4) is 0 Å². The van der Waals surface area contributed by atoms with Gasteiger partial charge in [-0.25, -0.2) is 0 Å². The normalized spacial score (nSPS) is 17.5. The Morgan fingerprint density at radius 3 is 2.50 bits per heavy atom. The van der Waals surface area contributed by atoms with E-state index >= 15 is 0 Å². The van der Waals surface area contributed by atoms with E-state index in [-0.39, 0.29) is 6.42 Å². The van der Waals surface area contributed by atoms with E-state index in [1.54, 1.807) is 0 Å². The van der Waals surface area contributed by atoms with Gasteiger partial charge in [0.15, 0.2) is 0 Å². The molecule has 0 unspecified atom stereocenters. The van der Waals surface area contributed by atoms with E-state index in [1.165, 1.54) is 0 Å². The van der Waals surface area contributed by atoms with Crippen molar-refractivity contribution in [3.05, 3.63) is 29.8 Å². The molecule has 1 aromatic carbocycles. The lowest BCUT2D eigenvalue weighted by atomic mass is 10.0. The van der Waals surface area contributed by atoms with E-state index in [2.05, 4.69) is 4.90 Å². The van der Waals surface area contributed by atoms with Crippen LogP contribution in [0.15, 0.2) is 24.3 Å². The van der Waals surface area contributed by atoms with Crippen molar-refractivity contribution in [2.45, 2.75) is 12.5 Å². The van der Waals surface area contributed by atoms with Gasteiger partial charge in [0.1, 0.15) is 0 Å². The van der Waals surface area contributed by atoms with Crippen molar-refractivity contribution < 1.29 is 14.6 Å². The van der Waals surface area contributed by atoms with Crippen molar-refractivity contribution in [3.63, 3.8) is 0 Å². The van der Waals surface area contributed by atoms with Gasteiger partial charge < -0.3 is 20.5 Å². The van der Waals surface area contributed by atoms with Gasteiger partial charge in [0.05, 0.1) is 19.6 Å². The minimum atomic E-state index is -0.875. The highest BCUT2D eigenvalue weighted by molar-refractivity contribution is 5.68. The summed E-state index contributed by atoms with van der Waals surface area (Å²) in [5, 5.41) is 8.70. The number of carbonyl (C=O) groups is 1. The third-order valence-corrected chi connectivity index (χ3v) is 3.09. The molecule has 1 heterocycles. The Morgan fingerprint density at radius 2 is 1.94 bits per heavy atom. The van der Waals surface area contributed by atoms with Gasteiger partial charge in [-0.15, -0.1) is 0 Å². The summed E-state index contributed by atoms with van der Waals surface area (Å²) >= 11 is 0. The first-order chi connectivity index (χ1) is 8.66. The molecule has 18 heavy (non-hydrogen) atoms. The van der Waals surface area contributed by atoms with Crippen LogP contribution in [0.2, 0.25) is 0 Å². The molecule has 0 bridgehead atoms. The van der Waals surface area contributed by atoms with Crippen LogP contribution in [0, 0.1) is 0 Å². The molecule has 98 valence electrons. The standard InChI is InChI=1S/C13H18N2O3/c14-12(9-13(16)17)10-1-3-11(4-2-10)15-5-7-18-8-6-15/h1-4,12H,5-9,14H2,(H,16,17)/t12-/m1/s1. The van der Waals surface area contributed by atoms with Crippen LogP contribution < -0.4 is 10.6 Å². The molecule has 3 N–H and O–H groups in total. The van der Waals surface area contributed by atoms with Gasteiger partial charge in [0.2, 0.25) is 0 Å². The topological polar surface area (TPSA) is 75.8 Å². The van der Waals surface area contributed by atoms with Crippen LogP contribution in [0.4, 0.5) is 5.69 Å². The maximum Gasteiger partial charge on any atom is 0.305 e. The fourth-order valence-electron chi connectivity index (χ4n) is 2.06. The number of aliphatic carboxylic acids is 1. The average molecular weight is 250 g/mol. The van der Waals surface area contributed by atoms with Crippen LogP contribution in [0.1, 0.15) is 18.0 Å². The summed E-state index contributed by atoms with van der Waals surface area (Å²) in [7, 11) is 0. The number of nitrogens with two attached hydrogens (primary N) is 1. The summed E-state index contributed by atoms with van der Waals surface area (Å²) in [4.78, 5) is 12.8. The Bertz CT molecular complexity index is 399. The highest BCUT2D eigenvalue weighted by atomic mass is 16.5. The number of hydrogen-bond acceptors (Lipinski definition) is 4. The summed E-state index contributed by atoms with van der Waals surface area (Å²) in [5.41, 5.74) is 7.80. The van der Waals surface area contributed by atoms with Crippen molar-refractivity contribution in [1.82, 2.24) is 0 Å². The van der Waals surface area contributed by atoms with Crippen LogP contribution >= 0.6 is 0 Å². The van der Waals surface area contributed by atoms with E-state index < -0.39 is 12.0 Å². The van der Waals surface area contributed by atoms with E-state index in [0.717, 1.165) is 37.6 Å². The Hall–Kier alpha value is -1.59. The van der Waals surface area contributed by atoms with Gasteiger partial charge in [0, 0.05) is 24.8 Å². The summed E-state index contributed by atoms with van der Waals surface area (Å²) in [5.74, 6) is -0.875. The number of anilines is 1. The van der Waals surface area contributed by atoms with Gasteiger partial charge in [-0.3, -0.25) is 4.79 Å². The van der Waals surface area contributed by atoms with Gasteiger partial charge in [0.25, 0.3) is 0 Å². The molecule has 2 rings (SSSR count). The lowest BCUT2D eigenvalue weighted by molar-refractivity contribution is -0.137. The van der Waals surface area contributed by atoms with Crippen molar-refractivity contribution in [3.8, 4) is 0 Å². The van der Waals surface area contributed by atoms with Gasteiger partial charge in [-0.2, -0.15) is 0 Å². The number of carboxylic acid groups (broad SMARTS) is 1. The maximum absolute atomic E-state index is 10.6. The Morgan fingerprint density at radius 1 is 1.33 bits per heavy atom. The van der Waals surface area contributed by atoms with E-state index in [0.29, 0.717) is 0 Å². The number of morpholine rings is 1. The van der Waals surface area contributed by atoms with Crippen LogP contribution in [-0.2, 0) is 9.53 Å². The number of carboxylic acids is 1. The predicted molar refractivity (Wildman–Crippen MR) is 68.7 cm³/mol.